The number of para-hydroxylation sites is 1. The van der Waals surface area contributed by atoms with Crippen molar-refractivity contribution in [3.8, 4) is 11.3 Å². The molecule has 8 heteroatoms. The minimum absolute atomic E-state index is 0.0627. The number of fused-ring (bicyclic) bond motifs is 1. The van der Waals surface area contributed by atoms with Crippen LogP contribution in [0.25, 0.3) is 22.2 Å². The molecule has 4 heterocycles. The van der Waals surface area contributed by atoms with Gasteiger partial charge in [0.2, 0.25) is 0 Å². The van der Waals surface area contributed by atoms with Crippen LogP contribution in [0.5, 0.6) is 0 Å². The van der Waals surface area contributed by atoms with Crippen LogP contribution in [0.4, 0.5) is 5.82 Å². The molecule has 154 valence electrons. The Bertz CT molecular complexity index is 1280. The molecule has 3 aromatic heterocycles. The monoisotopic (exact) mass is 413 g/mol. The van der Waals surface area contributed by atoms with Gasteiger partial charge in [-0.05, 0) is 36.4 Å². The van der Waals surface area contributed by atoms with E-state index in [4.69, 9.17) is 4.42 Å². The normalized spacial score (nSPS) is 14.1. The Morgan fingerprint density at radius 3 is 2.52 bits per heavy atom. The molecule has 0 saturated carbocycles. The van der Waals surface area contributed by atoms with Crippen molar-refractivity contribution in [3.05, 3.63) is 83.0 Å². The Labute approximate surface area is 177 Å². The minimum Gasteiger partial charge on any atom is -0.422 e. The molecule has 1 aliphatic heterocycles. The van der Waals surface area contributed by atoms with E-state index in [-0.39, 0.29) is 11.5 Å². The third kappa shape index (κ3) is 3.75. The van der Waals surface area contributed by atoms with E-state index >= 15 is 0 Å². The molecule has 4 aromatic rings. The number of nitrogens with zero attached hydrogens (tertiary/aromatic N) is 5. The van der Waals surface area contributed by atoms with Crippen LogP contribution >= 0.6 is 0 Å². The fourth-order valence-electron chi connectivity index (χ4n) is 3.68. The third-order valence-electron chi connectivity index (χ3n) is 5.37. The van der Waals surface area contributed by atoms with Crippen LogP contribution in [0, 0.1) is 0 Å². The molecule has 0 radical (unpaired) electrons. The summed E-state index contributed by atoms with van der Waals surface area (Å²) in [5.74, 6) is 0.446. The first-order valence-electron chi connectivity index (χ1n) is 10.0. The molecule has 31 heavy (non-hydrogen) atoms. The van der Waals surface area contributed by atoms with E-state index < -0.39 is 5.63 Å². The predicted molar refractivity (Wildman–Crippen MR) is 116 cm³/mol. The number of amides is 1. The molecule has 0 bridgehead atoms. The Morgan fingerprint density at radius 1 is 0.935 bits per heavy atom. The van der Waals surface area contributed by atoms with Gasteiger partial charge in [0.15, 0.2) is 5.82 Å². The molecule has 1 aromatic carbocycles. The maximum absolute atomic E-state index is 12.9. The maximum atomic E-state index is 12.9. The van der Waals surface area contributed by atoms with Crippen molar-refractivity contribution in [2.75, 3.05) is 31.1 Å². The minimum atomic E-state index is -0.608. The van der Waals surface area contributed by atoms with Crippen molar-refractivity contribution < 1.29 is 9.21 Å². The average Bonchev–Trinajstić information content (AvgIpc) is 2.84. The molecule has 0 spiro atoms. The molecule has 1 saturated heterocycles. The Morgan fingerprint density at radius 2 is 1.77 bits per heavy atom. The topological polar surface area (TPSA) is 92.4 Å². The number of anilines is 1. The zero-order valence-electron chi connectivity index (χ0n) is 16.6. The van der Waals surface area contributed by atoms with Gasteiger partial charge in [-0.3, -0.25) is 9.78 Å². The van der Waals surface area contributed by atoms with Gasteiger partial charge in [0.25, 0.3) is 5.91 Å². The summed E-state index contributed by atoms with van der Waals surface area (Å²) in [5.41, 5.74) is 1.60. The summed E-state index contributed by atoms with van der Waals surface area (Å²) >= 11 is 0. The summed E-state index contributed by atoms with van der Waals surface area (Å²) in [7, 11) is 0. The van der Waals surface area contributed by atoms with Crippen molar-refractivity contribution in [3.63, 3.8) is 0 Å². The zero-order chi connectivity index (χ0) is 21.2. The molecule has 0 aliphatic carbocycles. The van der Waals surface area contributed by atoms with Gasteiger partial charge in [-0.1, -0.05) is 18.2 Å². The van der Waals surface area contributed by atoms with Crippen LogP contribution in [-0.4, -0.2) is 52.2 Å². The number of carbonyl (C=O) groups is 1. The SMILES string of the molecule is O=C(c1cc2ccccc2oc1=O)N1CCN(c2ccc(-c3cccnc3)nn2)CC1. The fourth-order valence-corrected chi connectivity index (χ4v) is 3.68. The molecule has 0 unspecified atom stereocenters. The van der Waals surface area contributed by atoms with Crippen molar-refractivity contribution in [2.45, 2.75) is 0 Å². The molecule has 1 fully saturated rings. The van der Waals surface area contributed by atoms with Crippen molar-refractivity contribution >= 4 is 22.7 Å². The fraction of sp³-hybridized carbons (Fsp3) is 0.174. The second-order valence-corrected chi connectivity index (χ2v) is 7.28. The number of rotatable bonds is 3. The average molecular weight is 413 g/mol. The number of benzene rings is 1. The summed E-state index contributed by atoms with van der Waals surface area (Å²) in [6.45, 7) is 2.17. The highest BCUT2D eigenvalue weighted by Crippen LogP contribution is 2.19. The molecule has 0 N–H and O–H groups in total. The first kappa shape index (κ1) is 18.9. The highest BCUT2D eigenvalue weighted by Gasteiger charge is 2.25. The van der Waals surface area contributed by atoms with Gasteiger partial charge < -0.3 is 14.2 Å². The summed E-state index contributed by atoms with van der Waals surface area (Å²) in [5, 5.41) is 9.36. The van der Waals surface area contributed by atoms with Gasteiger partial charge >= 0.3 is 5.63 Å². The van der Waals surface area contributed by atoms with E-state index in [9.17, 15) is 9.59 Å². The molecular formula is C23H19N5O3. The third-order valence-corrected chi connectivity index (χ3v) is 5.37. The first-order valence-corrected chi connectivity index (χ1v) is 10.0. The Kier molecular flexibility index (Phi) is 4.87. The molecule has 8 nitrogen and oxygen atoms in total. The van der Waals surface area contributed by atoms with Crippen molar-refractivity contribution in [2.24, 2.45) is 0 Å². The van der Waals surface area contributed by atoms with Crippen LogP contribution in [0.2, 0.25) is 0 Å². The highest BCUT2D eigenvalue weighted by molar-refractivity contribution is 5.96. The van der Waals surface area contributed by atoms with Gasteiger partial charge in [-0.25, -0.2) is 4.79 Å². The predicted octanol–water partition coefficient (Wildman–Crippen LogP) is 2.61. The lowest BCUT2D eigenvalue weighted by atomic mass is 10.1. The second-order valence-electron chi connectivity index (χ2n) is 7.28. The first-order chi connectivity index (χ1) is 15.2. The van der Waals surface area contributed by atoms with E-state index in [2.05, 4.69) is 20.1 Å². The second kappa shape index (κ2) is 7.98. The summed E-state index contributed by atoms with van der Waals surface area (Å²) < 4.78 is 5.31. The van der Waals surface area contributed by atoms with Crippen molar-refractivity contribution in [1.29, 1.82) is 0 Å². The lowest BCUT2D eigenvalue weighted by Gasteiger charge is -2.35. The van der Waals surface area contributed by atoms with Gasteiger partial charge in [-0.2, -0.15) is 0 Å². The quantitative estimate of drug-likeness (QED) is 0.477. The van der Waals surface area contributed by atoms with E-state index in [1.807, 2.05) is 36.4 Å². The zero-order valence-corrected chi connectivity index (χ0v) is 16.6. The van der Waals surface area contributed by atoms with Gasteiger partial charge in [0.05, 0.1) is 5.69 Å². The Hall–Kier alpha value is -4.07. The van der Waals surface area contributed by atoms with E-state index in [1.54, 1.807) is 35.5 Å². The van der Waals surface area contributed by atoms with Gasteiger partial charge in [0, 0.05) is 49.5 Å². The van der Waals surface area contributed by atoms with Gasteiger partial charge in [-0.15, -0.1) is 10.2 Å². The summed E-state index contributed by atoms with van der Waals surface area (Å²) in [4.78, 5) is 33.1. The van der Waals surface area contributed by atoms with Gasteiger partial charge in [0.1, 0.15) is 11.1 Å². The van der Waals surface area contributed by atoms with E-state index in [0.29, 0.717) is 31.8 Å². The summed E-state index contributed by atoms with van der Waals surface area (Å²) in [6.07, 6.45) is 3.46. The maximum Gasteiger partial charge on any atom is 0.349 e. The number of hydrogen-bond acceptors (Lipinski definition) is 7. The van der Waals surface area contributed by atoms with E-state index in [1.165, 1.54) is 0 Å². The van der Waals surface area contributed by atoms with Crippen molar-refractivity contribution in [1.82, 2.24) is 20.1 Å². The highest BCUT2D eigenvalue weighted by atomic mass is 16.4. The van der Waals surface area contributed by atoms with Crippen LogP contribution in [0.15, 0.2) is 76.2 Å². The molecule has 1 amide bonds. The van der Waals surface area contributed by atoms with E-state index in [0.717, 1.165) is 22.5 Å². The lowest BCUT2D eigenvalue weighted by Crippen LogP contribution is -2.49. The number of hydrogen-bond donors (Lipinski definition) is 0. The smallest absolute Gasteiger partial charge is 0.349 e. The Balaban J connectivity index is 1.28. The summed E-state index contributed by atoms with van der Waals surface area (Å²) in [6, 6.07) is 16.4. The van der Waals surface area contributed by atoms with Crippen LogP contribution < -0.4 is 10.5 Å². The largest absolute Gasteiger partial charge is 0.422 e. The van der Waals surface area contributed by atoms with Crippen LogP contribution in [-0.2, 0) is 0 Å². The number of aromatic nitrogens is 3. The number of piperazine rings is 1. The standard InChI is InChI=1S/C23H19N5O3/c29-22(18-14-16-4-1-2-6-20(16)31-23(18)30)28-12-10-27(11-13-28)21-8-7-19(25-26-21)17-5-3-9-24-15-17/h1-9,14-15H,10-13H2. The molecule has 1 aliphatic rings. The molecule has 5 rings (SSSR count). The molecular weight excluding hydrogens is 394 g/mol. The number of pyridine rings is 1. The number of carbonyl (C=O) groups excluding carboxylic acids is 1. The molecule has 0 atom stereocenters. The van der Waals surface area contributed by atoms with Crippen LogP contribution in [0.3, 0.4) is 0 Å². The van der Waals surface area contributed by atoms with Crippen LogP contribution in [0.1, 0.15) is 10.4 Å². The lowest BCUT2D eigenvalue weighted by molar-refractivity contribution is 0.0742.